The minimum atomic E-state index is -0.417. The molecule has 0 aromatic carbocycles. The van der Waals surface area contributed by atoms with Crippen LogP contribution in [0.1, 0.15) is 19.8 Å². The molecule has 0 spiro atoms. The van der Waals surface area contributed by atoms with Crippen LogP contribution in [0.15, 0.2) is 24.8 Å². The predicted molar refractivity (Wildman–Crippen MR) is 56.9 cm³/mol. The normalized spacial score (nSPS) is 24.1. The van der Waals surface area contributed by atoms with Crippen LogP contribution in [-0.2, 0) is 4.79 Å². The first-order chi connectivity index (χ1) is 7.15. The highest BCUT2D eigenvalue weighted by Crippen LogP contribution is 2.16. The van der Waals surface area contributed by atoms with Gasteiger partial charge >= 0.3 is 0 Å². The van der Waals surface area contributed by atoms with Crippen molar-refractivity contribution < 1.29 is 4.79 Å². The van der Waals surface area contributed by atoms with Crippen LogP contribution in [0.3, 0.4) is 0 Å². The summed E-state index contributed by atoms with van der Waals surface area (Å²) in [5, 5.41) is 3.06. The van der Waals surface area contributed by atoms with E-state index >= 15 is 0 Å². The van der Waals surface area contributed by atoms with E-state index in [2.05, 4.69) is 15.3 Å². The van der Waals surface area contributed by atoms with Gasteiger partial charge in [-0.25, -0.2) is 9.97 Å². The number of rotatable bonds is 1. The molecule has 1 aliphatic rings. The van der Waals surface area contributed by atoms with Crippen molar-refractivity contribution in [1.29, 1.82) is 0 Å². The van der Waals surface area contributed by atoms with E-state index in [1.807, 2.05) is 6.92 Å². The molecule has 1 fully saturated rings. The van der Waals surface area contributed by atoms with Crippen molar-refractivity contribution in [3.63, 3.8) is 0 Å². The highest BCUT2D eigenvalue weighted by atomic mass is 16.1. The van der Waals surface area contributed by atoms with Gasteiger partial charge in [0, 0.05) is 12.4 Å². The molecule has 5 nitrogen and oxygen atoms in total. The zero-order valence-electron chi connectivity index (χ0n) is 8.81. The van der Waals surface area contributed by atoms with Crippen molar-refractivity contribution in [3.05, 3.63) is 24.8 Å². The first-order valence-electron chi connectivity index (χ1n) is 4.90. The van der Waals surface area contributed by atoms with Gasteiger partial charge in [-0.1, -0.05) is 0 Å². The van der Waals surface area contributed by atoms with E-state index < -0.39 is 5.54 Å². The van der Waals surface area contributed by atoms with Crippen molar-refractivity contribution in [1.82, 2.24) is 15.3 Å². The number of nitrogens with zero attached hydrogens (tertiary/aromatic N) is 2. The lowest BCUT2D eigenvalue weighted by atomic mass is 10.0. The molecule has 3 N–H and O–H groups in total. The average molecular weight is 208 g/mol. The fourth-order valence-corrected chi connectivity index (χ4v) is 1.36. The number of hydrogen-bond acceptors (Lipinski definition) is 4. The lowest BCUT2D eigenvalue weighted by Gasteiger charge is -2.18. The van der Waals surface area contributed by atoms with Gasteiger partial charge in [-0.15, -0.1) is 0 Å². The average Bonchev–Trinajstić information content (AvgIpc) is 2.70. The summed E-state index contributed by atoms with van der Waals surface area (Å²) in [7, 11) is 0. The Bertz CT molecular complexity index is 269. The second kappa shape index (κ2) is 5.41. The van der Waals surface area contributed by atoms with E-state index in [0.717, 1.165) is 19.4 Å². The van der Waals surface area contributed by atoms with Crippen LogP contribution in [0.5, 0.6) is 0 Å². The van der Waals surface area contributed by atoms with Gasteiger partial charge in [-0.05, 0) is 32.4 Å². The third-order valence-corrected chi connectivity index (χ3v) is 2.39. The standard InChI is InChI=1S/C6H12N2O.C4H4N2/c1-6(5(7)9)3-2-4-8-6;1-2-5-4-6-3-1/h8H,2-4H2,1H3,(H2,7,9);1-4H. The molecule has 0 bridgehead atoms. The van der Waals surface area contributed by atoms with E-state index in [-0.39, 0.29) is 5.91 Å². The highest BCUT2D eigenvalue weighted by molar-refractivity contribution is 5.84. The largest absolute Gasteiger partial charge is 0.368 e. The first-order valence-corrected chi connectivity index (χ1v) is 4.90. The molecule has 1 aliphatic heterocycles. The minimum Gasteiger partial charge on any atom is -0.368 e. The molecule has 82 valence electrons. The van der Waals surface area contributed by atoms with Gasteiger partial charge in [0.05, 0.1) is 5.54 Å². The Hall–Kier alpha value is -1.49. The van der Waals surface area contributed by atoms with E-state index in [1.165, 1.54) is 6.33 Å². The second-order valence-corrected chi connectivity index (χ2v) is 3.63. The molecule has 1 amide bonds. The fourth-order valence-electron chi connectivity index (χ4n) is 1.36. The highest BCUT2D eigenvalue weighted by Gasteiger charge is 2.33. The predicted octanol–water partition coefficient (Wildman–Crippen LogP) is 0.0904. The Kier molecular flexibility index (Phi) is 4.17. The van der Waals surface area contributed by atoms with Gasteiger partial charge in [0.2, 0.25) is 5.91 Å². The number of hydrogen-bond donors (Lipinski definition) is 2. The molecule has 15 heavy (non-hydrogen) atoms. The summed E-state index contributed by atoms with van der Waals surface area (Å²) >= 11 is 0. The number of nitrogens with two attached hydrogens (primary N) is 1. The Balaban J connectivity index is 0.000000162. The van der Waals surface area contributed by atoms with Gasteiger partial charge < -0.3 is 11.1 Å². The zero-order valence-corrected chi connectivity index (χ0v) is 8.81. The molecule has 1 atom stereocenters. The van der Waals surface area contributed by atoms with Crippen molar-refractivity contribution >= 4 is 5.91 Å². The molecular formula is C10H16N4O. The third kappa shape index (κ3) is 3.63. The number of carbonyl (C=O) groups is 1. The monoisotopic (exact) mass is 208 g/mol. The van der Waals surface area contributed by atoms with Crippen LogP contribution < -0.4 is 11.1 Å². The molecule has 0 radical (unpaired) electrons. The van der Waals surface area contributed by atoms with Crippen molar-refractivity contribution in [3.8, 4) is 0 Å². The molecule has 1 aromatic rings. The van der Waals surface area contributed by atoms with E-state index in [9.17, 15) is 4.79 Å². The van der Waals surface area contributed by atoms with Crippen molar-refractivity contribution in [2.45, 2.75) is 25.3 Å². The van der Waals surface area contributed by atoms with Crippen LogP contribution in [0.25, 0.3) is 0 Å². The fraction of sp³-hybridized carbons (Fsp3) is 0.500. The Morgan fingerprint density at radius 1 is 1.47 bits per heavy atom. The lowest BCUT2D eigenvalue weighted by molar-refractivity contribution is -0.123. The van der Waals surface area contributed by atoms with Crippen LogP contribution in [0.4, 0.5) is 0 Å². The topological polar surface area (TPSA) is 80.9 Å². The van der Waals surface area contributed by atoms with E-state index in [4.69, 9.17) is 5.73 Å². The maximum absolute atomic E-state index is 10.7. The summed E-state index contributed by atoms with van der Waals surface area (Å²) in [6.07, 6.45) is 6.81. The molecule has 5 heteroatoms. The molecule has 0 saturated carbocycles. The maximum atomic E-state index is 10.7. The van der Waals surface area contributed by atoms with Crippen LogP contribution in [0, 0.1) is 0 Å². The van der Waals surface area contributed by atoms with Gasteiger partial charge in [-0.3, -0.25) is 4.79 Å². The first kappa shape index (κ1) is 11.6. The minimum absolute atomic E-state index is 0.236. The van der Waals surface area contributed by atoms with E-state index in [0.29, 0.717) is 0 Å². The number of nitrogens with one attached hydrogen (secondary N) is 1. The summed E-state index contributed by atoms with van der Waals surface area (Å²) in [5.74, 6) is -0.236. The third-order valence-electron chi connectivity index (χ3n) is 2.39. The molecule has 1 unspecified atom stereocenters. The summed E-state index contributed by atoms with van der Waals surface area (Å²) in [6, 6.07) is 1.78. The molecule has 2 rings (SSSR count). The summed E-state index contributed by atoms with van der Waals surface area (Å²) in [5.41, 5.74) is 4.71. The Morgan fingerprint density at radius 3 is 2.33 bits per heavy atom. The zero-order chi connectivity index (χ0) is 11.1. The Labute approximate surface area is 89.1 Å². The van der Waals surface area contributed by atoms with Gasteiger partial charge in [0.1, 0.15) is 6.33 Å². The number of carbonyl (C=O) groups excluding carboxylic acids is 1. The Morgan fingerprint density at radius 2 is 2.13 bits per heavy atom. The lowest BCUT2D eigenvalue weighted by Crippen LogP contribution is -2.48. The summed E-state index contributed by atoms with van der Waals surface area (Å²) in [4.78, 5) is 18.0. The van der Waals surface area contributed by atoms with E-state index in [1.54, 1.807) is 18.5 Å². The SMILES string of the molecule is CC1(C(N)=O)CCCN1.c1cncnc1. The van der Waals surface area contributed by atoms with Crippen LogP contribution in [0.2, 0.25) is 0 Å². The number of aromatic nitrogens is 2. The smallest absolute Gasteiger partial charge is 0.237 e. The molecule has 1 aromatic heterocycles. The summed E-state index contributed by atoms with van der Waals surface area (Å²) in [6.45, 7) is 2.77. The quantitative estimate of drug-likeness (QED) is 0.685. The number of amides is 1. The summed E-state index contributed by atoms with van der Waals surface area (Å²) < 4.78 is 0. The molecule has 0 aliphatic carbocycles. The van der Waals surface area contributed by atoms with Crippen molar-refractivity contribution in [2.75, 3.05) is 6.54 Å². The van der Waals surface area contributed by atoms with Gasteiger partial charge in [0.25, 0.3) is 0 Å². The molecule has 2 heterocycles. The number of primary amides is 1. The van der Waals surface area contributed by atoms with Crippen LogP contribution in [-0.4, -0.2) is 28.0 Å². The van der Waals surface area contributed by atoms with Gasteiger partial charge in [-0.2, -0.15) is 0 Å². The van der Waals surface area contributed by atoms with Crippen molar-refractivity contribution in [2.24, 2.45) is 5.73 Å². The van der Waals surface area contributed by atoms with Gasteiger partial charge in [0.15, 0.2) is 0 Å². The second-order valence-electron chi connectivity index (χ2n) is 3.63. The molecule has 1 saturated heterocycles. The van der Waals surface area contributed by atoms with Crippen LogP contribution >= 0.6 is 0 Å². The molecular weight excluding hydrogens is 192 g/mol. The maximum Gasteiger partial charge on any atom is 0.237 e.